The fourth-order valence-corrected chi connectivity index (χ4v) is 3.64. The molecule has 0 aromatic carbocycles. The van der Waals surface area contributed by atoms with E-state index in [1.165, 1.54) is 0 Å². The average molecular weight is 360 g/mol. The lowest BCUT2D eigenvalue weighted by Gasteiger charge is -2.24. The van der Waals surface area contributed by atoms with E-state index in [-0.39, 0.29) is 29.3 Å². The lowest BCUT2D eigenvalue weighted by atomic mass is 10.1. The average Bonchev–Trinajstić information content (AvgIpc) is 3.09. The first-order valence-electron chi connectivity index (χ1n) is 7.21. The van der Waals surface area contributed by atoms with Crippen LogP contribution in [0.2, 0.25) is 10.4 Å². The second-order valence-electron chi connectivity index (χ2n) is 6.06. The number of ether oxygens (including phenoxy) is 3. The van der Waals surface area contributed by atoms with Crippen LogP contribution in [-0.4, -0.2) is 50.3 Å². The van der Waals surface area contributed by atoms with Crippen molar-refractivity contribution in [2.45, 2.75) is 44.2 Å². The van der Waals surface area contributed by atoms with E-state index in [0.29, 0.717) is 11.0 Å². The molecule has 0 spiro atoms. The van der Waals surface area contributed by atoms with E-state index in [1.807, 2.05) is 13.8 Å². The van der Waals surface area contributed by atoms with Crippen molar-refractivity contribution in [3.63, 3.8) is 0 Å². The summed E-state index contributed by atoms with van der Waals surface area (Å²) in [4.78, 5) is 8.17. The van der Waals surface area contributed by atoms with Crippen LogP contribution in [0.25, 0.3) is 11.0 Å². The van der Waals surface area contributed by atoms with Gasteiger partial charge in [-0.05, 0) is 31.5 Å². The summed E-state index contributed by atoms with van der Waals surface area (Å²) < 4.78 is 19.5. The predicted molar refractivity (Wildman–Crippen MR) is 82.4 cm³/mol. The smallest absolute Gasteiger partial charge is 0.225 e. The van der Waals surface area contributed by atoms with Crippen molar-refractivity contribution in [1.29, 1.82) is 0 Å². The van der Waals surface area contributed by atoms with E-state index in [4.69, 9.17) is 37.4 Å². The molecular formula is C14H15Cl2N3O4. The van der Waals surface area contributed by atoms with Crippen molar-refractivity contribution in [1.82, 2.24) is 14.5 Å². The van der Waals surface area contributed by atoms with Gasteiger partial charge in [0.15, 0.2) is 12.0 Å². The zero-order valence-electron chi connectivity index (χ0n) is 12.4. The third kappa shape index (κ3) is 2.43. The van der Waals surface area contributed by atoms with Gasteiger partial charge in [-0.3, -0.25) is 0 Å². The number of rotatable bonds is 2. The number of fused-ring (bicyclic) bond motifs is 2. The van der Waals surface area contributed by atoms with Crippen LogP contribution in [0.5, 0.6) is 0 Å². The van der Waals surface area contributed by atoms with Crippen LogP contribution >= 0.6 is 23.2 Å². The SMILES string of the molecule is CC1(C)O[C@@H]2[C@H](O1)C(CO)O[C@H]2n1ccc2c(Cl)nc(Cl)nc21. The Morgan fingerprint density at radius 2 is 2.00 bits per heavy atom. The van der Waals surface area contributed by atoms with Gasteiger partial charge in [-0.15, -0.1) is 0 Å². The monoisotopic (exact) mass is 359 g/mol. The second-order valence-corrected chi connectivity index (χ2v) is 6.75. The highest BCUT2D eigenvalue weighted by Crippen LogP contribution is 2.44. The Bertz CT molecular complexity index is 766. The van der Waals surface area contributed by atoms with Gasteiger partial charge in [0, 0.05) is 6.20 Å². The molecule has 2 saturated heterocycles. The number of aliphatic hydroxyl groups excluding tert-OH is 1. The van der Waals surface area contributed by atoms with Gasteiger partial charge in [-0.1, -0.05) is 11.6 Å². The van der Waals surface area contributed by atoms with Crippen LogP contribution in [0.4, 0.5) is 0 Å². The van der Waals surface area contributed by atoms with Crippen molar-refractivity contribution in [2.75, 3.05) is 6.61 Å². The quantitative estimate of drug-likeness (QED) is 0.653. The Hall–Kier alpha value is -0.960. The highest BCUT2D eigenvalue weighted by atomic mass is 35.5. The number of halogens is 2. The first-order valence-corrected chi connectivity index (χ1v) is 7.97. The Balaban J connectivity index is 1.79. The topological polar surface area (TPSA) is 78.6 Å². The summed E-state index contributed by atoms with van der Waals surface area (Å²) in [7, 11) is 0. The molecule has 1 N–H and O–H groups in total. The van der Waals surface area contributed by atoms with Gasteiger partial charge in [0.25, 0.3) is 0 Å². The fourth-order valence-electron chi connectivity index (χ4n) is 3.21. The van der Waals surface area contributed by atoms with E-state index in [1.54, 1.807) is 16.8 Å². The van der Waals surface area contributed by atoms with Crippen LogP contribution in [-0.2, 0) is 14.2 Å². The zero-order valence-corrected chi connectivity index (χ0v) is 14.0. The Kier molecular flexibility index (Phi) is 3.57. The fraction of sp³-hybridized carbons (Fsp3) is 0.571. The van der Waals surface area contributed by atoms with Crippen molar-refractivity contribution in [3.05, 3.63) is 22.7 Å². The number of nitrogens with zero attached hydrogens (tertiary/aromatic N) is 3. The normalized spacial score (nSPS) is 32.6. The molecule has 124 valence electrons. The lowest BCUT2D eigenvalue weighted by molar-refractivity contribution is -0.199. The van der Waals surface area contributed by atoms with Crippen molar-refractivity contribution in [2.24, 2.45) is 0 Å². The molecule has 0 radical (unpaired) electrons. The summed E-state index contributed by atoms with van der Waals surface area (Å²) in [5, 5.41) is 10.6. The maximum absolute atomic E-state index is 9.56. The Labute approximate surface area is 142 Å². The van der Waals surface area contributed by atoms with Gasteiger partial charge in [0.05, 0.1) is 12.0 Å². The first-order chi connectivity index (χ1) is 10.9. The minimum Gasteiger partial charge on any atom is -0.394 e. The molecule has 4 heterocycles. The molecular weight excluding hydrogens is 345 g/mol. The van der Waals surface area contributed by atoms with E-state index in [0.717, 1.165) is 0 Å². The Morgan fingerprint density at radius 1 is 1.26 bits per heavy atom. The molecule has 2 aromatic heterocycles. The molecule has 0 aliphatic carbocycles. The summed E-state index contributed by atoms with van der Waals surface area (Å²) in [5.74, 6) is -0.738. The third-order valence-corrected chi connectivity index (χ3v) is 4.53. The van der Waals surface area contributed by atoms with E-state index in [2.05, 4.69) is 9.97 Å². The molecule has 4 rings (SSSR count). The first kappa shape index (κ1) is 15.6. The van der Waals surface area contributed by atoms with Crippen molar-refractivity contribution >= 4 is 34.2 Å². The van der Waals surface area contributed by atoms with Crippen LogP contribution < -0.4 is 0 Å². The summed E-state index contributed by atoms with van der Waals surface area (Å²) in [6.07, 6.45) is 0.0866. The molecule has 0 amide bonds. The van der Waals surface area contributed by atoms with Gasteiger partial charge in [-0.25, -0.2) is 4.98 Å². The van der Waals surface area contributed by atoms with Gasteiger partial charge < -0.3 is 23.9 Å². The molecule has 2 aliphatic heterocycles. The number of hydrogen-bond acceptors (Lipinski definition) is 6. The lowest BCUT2D eigenvalue weighted by Crippen LogP contribution is -2.31. The summed E-state index contributed by atoms with van der Waals surface area (Å²) >= 11 is 12.0. The van der Waals surface area contributed by atoms with Gasteiger partial charge in [-0.2, -0.15) is 4.98 Å². The van der Waals surface area contributed by atoms with E-state index >= 15 is 0 Å². The molecule has 23 heavy (non-hydrogen) atoms. The van der Waals surface area contributed by atoms with Crippen molar-refractivity contribution < 1.29 is 19.3 Å². The molecule has 4 atom stereocenters. The number of hydrogen-bond donors (Lipinski definition) is 1. The molecule has 9 heteroatoms. The molecule has 0 saturated carbocycles. The summed E-state index contributed by atoms with van der Waals surface area (Å²) in [6, 6.07) is 1.79. The highest BCUT2D eigenvalue weighted by Gasteiger charge is 2.55. The molecule has 2 aliphatic rings. The third-order valence-electron chi connectivity index (χ3n) is 4.08. The zero-order chi connectivity index (χ0) is 16.4. The molecule has 2 fully saturated rings. The predicted octanol–water partition coefficient (Wildman–Crippen LogP) is 2.15. The number of aromatic nitrogens is 3. The maximum Gasteiger partial charge on any atom is 0.225 e. The standard InChI is InChI=1S/C14H15Cl2N3O4/c1-14(2)22-8-7(5-20)21-12(9(8)23-14)19-4-3-6-10(15)17-13(16)18-11(6)19/h3-4,7-9,12,20H,5H2,1-2H3/t7?,8-,9-,12-/m1/s1. The van der Waals surface area contributed by atoms with E-state index in [9.17, 15) is 5.11 Å². The van der Waals surface area contributed by atoms with Gasteiger partial charge in [0.1, 0.15) is 29.1 Å². The second kappa shape index (κ2) is 5.27. The Morgan fingerprint density at radius 3 is 2.74 bits per heavy atom. The largest absolute Gasteiger partial charge is 0.394 e. The summed E-state index contributed by atoms with van der Waals surface area (Å²) in [6.45, 7) is 3.51. The number of aliphatic hydroxyl groups is 1. The van der Waals surface area contributed by atoms with Crippen molar-refractivity contribution in [3.8, 4) is 0 Å². The molecule has 2 aromatic rings. The molecule has 7 nitrogen and oxygen atoms in total. The molecule has 0 bridgehead atoms. The van der Waals surface area contributed by atoms with Gasteiger partial charge >= 0.3 is 0 Å². The maximum atomic E-state index is 9.56. The van der Waals surface area contributed by atoms with E-state index < -0.39 is 18.1 Å². The minimum atomic E-state index is -0.738. The van der Waals surface area contributed by atoms with Gasteiger partial charge in [0.2, 0.25) is 5.28 Å². The van der Waals surface area contributed by atoms with Crippen LogP contribution in [0.15, 0.2) is 12.3 Å². The van der Waals surface area contributed by atoms with Crippen LogP contribution in [0, 0.1) is 0 Å². The van der Waals surface area contributed by atoms with Crippen LogP contribution in [0.3, 0.4) is 0 Å². The van der Waals surface area contributed by atoms with Crippen LogP contribution in [0.1, 0.15) is 20.1 Å². The minimum absolute atomic E-state index is 0.0552. The highest BCUT2D eigenvalue weighted by molar-refractivity contribution is 6.35. The summed E-state index contributed by atoms with van der Waals surface area (Å²) in [5.41, 5.74) is 0.547. The molecule has 1 unspecified atom stereocenters.